The first-order valence-electron chi connectivity index (χ1n) is 19.9. The molecular weight excluding hydrogens is 707 g/mol. The number of nitrogens with zero attached hydrogens (tertiary/aromatic N) is 3. The molecule has 0 spiro atoms. The average molecular weight is 738 g/mol. The molecule has 0 N–H and O–H groups in total. The van der Waals surface area contributed by atoms with E-state index in [0.29, 0.717) is 0 Å². The first kappa shape index (κ1) is 30.4. The van der Waals surface area contributed by atoms with Gasteiger partial charge in [0.25, 0.3) is 0 Å². The molecule has 0 amide bonds. The van der Waals surface area contributed by atoms with E-state index in [1.165, 1.54) is 92.8 Å². The van der Waals surface area contributed by atoms with Crippen LogP contribution in [-0.2, 0) is 0 Å². The van der Waals surface area contributed by atoms with E-state index in [4.69, 9.17) is 4.42 Å². The summed E-state index contributed by atoms with van der Waals surface area (Å²) in [5, 5.41) is 12.4. The quantitative estimate of drug-likeness (QED) is 0.177. The van der Waals surface area contributed by atoms with Crippen molar-refractivity contribution in [2.75, 3.05) is 0 Å². The number of benzene rings is 9. The molecule has 0 atom stereocenters. The minimum atomic E-state index is 0.910. The number of rotatable bonds is 3. The normalized spacial score (nSPS) is 12.5. The van der Waals surface area contributed by atoms with Gasteiger partial charge in [-0.15, -0.1) is 0 Å². The van der Waals surface area contributed by atoms with Gasteiger partial charge in [0, 0.05) is 65.2 Å². The second kappa shape index (κ2) is 10.9. The third-order valence-corrected chi connectivity index (χ3v) is 12.7. The summed E-state index contributed by atoms with van der Waals surface area (Å²) in [6.07, 6.45) is 0. The van der Waals surface area contributed by atoms with Gasteiger partial charge in [-0.05, 0) is 96.1 Å². The highest BCUT2D eigenvalue weighted by Gasteiger charge is 2.25. The monoisotopic (exact) mass is 737 g/mol. The standard InChI is InChI=1S/C54H31N3O/c1-2-13-33(14-3-1)55-43-20-8-4-15-36(43)40-31-34(25-26-46(40)55)56-45-22-10-6-17-38(45)52-47(56)27-28-48-53(52)42-30-32(29-41-37-16-5-9-21-44(37)57(48)54(41)42)35-19-12-24-50-51(35)39-18-7-11-23-49(39)58-50/h1-31H. The fraction of sp³-hybridized carbons (Fsp3) is 0. The van der Waals surface area contributed by atoms with Gasteiger partial charge in [-0.1, -0.05) is 103 Å². The van der Waals surface area contributed by atoms with Crippen molar-refractivity contribution in [3.63, 3.8) is 0 Å². The second-order valence-corrected chi connectivity index (χ2v) is 15.6. The molecule has 14 rings (SSSR count). The average Bonchev–Trinajstić information content (AvgIpc) is 4.08. The summed E-state index contributed by atoms with van der Waals surface area (Å²) in [4.78, 5) is 0. The molecule has 0 aliphatic rings. The number of furan rings is 1. The Labute approximate surface area is 330 Å². The van der Waals surface area contributed by atoms with Gasteiger partial charge in [-0.3, -0.25) is 0 Å². The van der Waals surface area contributed by atoms with Crippen molar-refractivity contribution in [3.8, 4) is 22.5 Å². The molecule has 5 heterocycles. The van der Waals surface area contributed by atoms with E-state index in [0.717, 1.165) is 33.3 Å². The Kier molecular flexibility index (Phi) is 5.73. The molecule has 0 unspecified atom stereocenters. The molecule has 0 aliphatic carbocycles. The largest absolute Gasteiger partial charge is 0.456 e. The van der Waals surface area contributed by atoms with E-state index < -0.39 is 0 Å². The van der Waals surface area contributed by atoms with Gasteiger partial charge >= 0.3 is 0 Å². The molecule has 0 fully saturated rings. The zero-order chi connectivity index (χ0) is 37.6. The fourth-order valence-electron chi connectivity index (χ4n) is 10.5. The summed E-state index contributed by atoms with van der Waals surface area (Å²) in [6.45, 7) is 0. The first-order chi connectivity index (χ1) is 28.8. The van der Waals surface area contributed by atoms with Crippen molar-refractivity contribution in [1.82, 2.24) is 13.5 Å². The fourth-order valence-corrected chi connectivity index (χ4v) is 10.5. The van der Waals surface area contributed by atoms with E-state index in [1.807, 2.05) is 6.07 Å². The lowest BCUT2D eigenvalue weighted by Gasteiger charge is -2.10. The van der Waals surface area contributed by atoms with Crippen molar-refractivity contribution in [3.05, 3.63) is 188 Å². The molecule has 0 aliphatic heterocycles. The number of para-hydroxylation sites is 5. The van der Waals surface area contributed by atoms with Gasteiger partial charge in [0.1, 0.15) is 11.2 Å². The van der Waals surface area contributed by atoms with E-state index in [9.17, 15) is 0 Å². The number of hydrogen-bond donors (Lipinski definition) is 0. The summed E-state index contributed by atoms with van der Waals surface area (Å²) < 4.78 is 13.8. The summed E-state index contributed by atoms with van der Waals surface area (Å²) in [5.41, 5.74) is 15.0. The zero-order valence-corrected chi connectivity index (χ0v) is 31.1. The van der Waals surface area contributed by atoms with Crippen LogP contribution in [0.1, 0.15) is 0 Å². The maximum Gasteiger partial charge on any atom is 0.136 e. The zero-order valence-electron chi connectivity index (χ0n) is 31.1. The molecule has 0 bridgehead atoms. The van der Waals surface area contributed by atoms with E-state index in [-0.39, 0.29) is 0 Å². The number of hydrogen-bond acceptors (Lipinski definition) is 1. The molecule has 0 radical (unpaired) electrons. The lowest BCUT2D eigenvalue weighted by Crippen LogP contribution is -1.95. The van der Waals surface area contributed by atoms with Crippen LogP contribution < -0.4 is 0 Å². The maximum absolute atomic E-state index is 6.40. The minimum Gasteiger partial charge on any atom is -0.456 e. The third kappa shape index (κ3) is 3.79. The van der Waals surface area contributed by atoms with E-state index in [2.05, 4.69) is 196 Å². The molecule has 58 heavy (non-hydrogen) atoms. The SMILES string of the molecule is c1ccc(-n2c3ccccc3c3cc(-n4c5ccccc5c5c6c7cc(-c8cccc9oc%10ccccc%10c89)cc8c9ccccc9n(c6ccc54)c87)ccc32)cc1. The molecule has 0 saturated carbocycles. The van der Waals surface area contributed by atoms with Crippen LogP contribution >= 0.6 is 0 Å². The molecule has 14 aromatic rings. The van der Waals surface area contributed by atoms with Crippen LogP contribution in [0.3, 0.4) is 0 Å². The highest BCUT2D eigenvalue weighted by Crippen LogP contribution is 2.48. The van der Waals surface area contributed by atoms with Crippen molar-refractivity contribution in [2.45, 2.75) is 0 Å². The van der Waals surface area contributed by atoms with E-state index >= 15 is 0 Å². The molecule has 4 nitrogen and oxygen atoms in total. The predicted octanol–water partition coefficient (Wildman–Crippen LogP) is 14.6. The van der Waals surface area contributed by atoms with Crippen molar-refractivity contribution >= 4 is 104 Å². The number of aromatic nitrogens is 3. The predicted molar refractivity (Wildman–Crippen MR) is 242 cm³/mol. The van der Waals surface area contributed by atoms with Gasteiger partial charge in [-0.25, -0.2) is 0 Å². The smallest absolute Gasteiger partial charge is 0.136 e. The van der Waals surface area contributed by atoms with Crippen LogP contribution in [0.5, 0.6) is 0 Å². The van der Waals surface area contributed by atoms with Crippen molar-refractivity contribution in [1.29, 1.82) is 0 Å². The van der Waals surface area contributed by atoms with Crippen LogP contribution in [-0.4, -0.2) is 13.5 Å². The second-order valence-electron chi connectivity index (χ2n) is 15.6. The Hall–Kier alpha value is -7.82. The maximum atomic E-state index is 6.40. The lowest BCUT2D eigenvalue weighted by molar-refractivity contribution is 0.669. The summed E-state index contributed by atoms with van der Waals surface area (Å²) in [6, 6.07) is 68.7. The first-order valence-corrected chi connectivity index (χ1v) is 19.9. The van der Waals surface area contributed by atoms with E-state index in [1.54, 1.807) is 0 Å². The highest BCUT2D eigenvalue weighted by atomic mass is 16.3. The van der Waals surface area contributed by atoms with Crippen LogP contribution in [0.15, 0.2) is 192 Å². The summed E-state index contributed by atoms with van der Waals surface area (Å²) >= 11 is 0. The molecular formula is C54H31N3O. The van der Waals surface area contributed by atoms with Gasteiger partial charge in [0.15, 0.2) is 0 Å². The third-order valence-electron chi connectivity index (χ3n) is 12.7. The van der Waals surface area contributed by atoms with Crippen LogP contribution in [0.2, 0.25) is 0 Å². The van der Waals surface area contributed by atoms with Crippen LogP contribution in [0.4, 0.5) is 0 Å². The summed E-state index contributed by atoms with van der Waals surface area (Å²) in [7, 11) is 0. The van der Waals surface area contributed by atoms with Crippen molar-refractivity contribution < 1.29 is 4.42 Å². The topological polar surface area (TPSA) is 27.4 Å². The molecule has 4 heteroatoms. The summed E-state index contributed by atoms with van der Waals surface area (Å²) in [5.74, 6) is 0. The molecule has 268 valence electrons. The van der Waals surface area contributed by atoms with Crippen molar-refractivity contribution in [2.24, 2.45) is 0 Å². The van der Waals surface area contributed by atoms with Crippen LogP contribution in [0, 0.1) is 0 Å². The van der Waals surface area contributed by atoms with Gasteiger partial charge in [0.2, 0.25) is 0 Å². The Morgan fingerprint density at radius 3 is 1.74 bits per heavy atom. The van der Waals surface area contributed by atoms with Gasteiger partial charge in [-0.2, -0.15) is 0 Å². The Bertz CT molecular complexity index is 4030. The molecule has 0 saturated heterocycles. The Morgan fingerprint density at radius 1 is 0.310 bits per heavy atom. The van der Waals surface area contributed by atoms with Crippen LogP contribution in [0.25, 0.3) is 126 Å². The van der Waals surface area contributed by atoms with Gasteiger partial charge in [0.05, 0.1) is 38.6 Å². The van der Waals surface area contributed by atoms with Gasteiger partial charge < -0.3 is 18.0 Å². The lowest BCUT2D eigenvalue weighted by atomic mass is 9.95. The number of fused-ring (bicyclic) bond motifs is 16. The highest BCUT2D eigenvalue weighted by molar-refractivity contribution is 6.34. The molecule has 5 aromatic heterocycles. The molecule has 9 aromatic carbocycles. The minimum absolute atomic E-state index is 0.910. The Balaban J connectivity index is 1.11. The Morgan fingerprint density at radius 2 is 0.897 bits per heavy atom.